The molecule has 0 heterocycles. The highest BCUT2D eigenvalue weighted by atomic mass is 16.4. The topological polar surface area (TPSA) is 290 Å². The second-order valence-corrected chi connectivity index (χ2v) is 8.42. The number of aliphatic carboxylic acids is 3. The summed E-state index contributed by atoms with van der Waals surface area (Å²) in [5.41, 5.74) is 16.1. The summed E-state index contributed by atoms with van der Waals surface area (Å²) in [6.45, 7) is 3.48. The van der Waals surface area contributed by atoms with Gasteiger partial charge in [0.05, 0.1) is 12.5 Å². The number of hydrogen-bond donors (Lipinski definition) is 9. The minimum absolute atomic E-state index is 0.000643. The van der Waals surface area contributed by atoms with E-state index in [9.17, 15) is 33.9 Å². The minimum atomic E-state index is -1.50. The van der Waals surface area contributed by atoms with Crippen molar-refractivity contribution >= 4 is 41.6 Å². The lowest BCUT2D eigenvalue weighted by atomic mass is 9.96. The highest BCUT2D eigenvalue weighted by Gasteiger charge is 2.33. The molecule has 0 aliphatic rings. The Morgan fingerprint density at radius 1 is 0.838 bits per heavy atom. The monoisotopic (exact) mass is 531 g/mol. The molecule has 0 aromatic carbocycles. The molecule has 0 aromatic heterocycles. The van der Waals surface area contributed by atoms with Crippen molar-refractivity contribution in [1.82, 2.24) is 16.0 Å². The normalized spacial score (nSPS) is 14.7. The maximum Gasteiger partial charge on any atom is 0.326 e. The van der Waals surface area contributed by atoms with Crippen molar-refractivity contribution in [3.8, 4) is 0 Å². The smallest absolute Gasteiger partial charge is 0.326 e. The zero-order valence-electron chi connectivity index (χ0n) is 20.8. The number of amides is 3. The van der Waals surface area contributed by atoms with Gasteiger partial charge >= 0.3 is 17.9 Å². The van der Waals surface area contributed by atoms with Crippen molar-refractivity contribution in [2.45, 2.75) is 76.5 Å². The van der Waals surface area contributed by atoms with Crippen molar-refractivity contribution in [2.24, 2.45) is 28.1 Å². The fraction of sp³-hybridized carbons (Fsp3) is 0.667. The molecule has 0 spiro atoms. The minimum Gasteiger partial charge on any atom is -0.481 e. The molecule has 0 fully saturated rings. The van der Waals surface area contributed by atoms with Crippen molar-refractivity contribution in [3.63, 3.8) is 0 Å². The average molecular weight is 532 g/mol. The van der Waals surface area contributed by atoms with Crippen LogP contribution in [0.4, 0.5) is 0 Å². The number of carboxylic acids is 3. The Balaban J connectivity index is 5.68. The summed E-state index contributed by atoms with van der Waals surface area (Å²) in [5.74, 6) is -7.24. The van der Waals surface area contributed by atoms with E-state index < -0.39 is 78.6 Å². The van der Waals surface area contributed by atoms with Crippen molar-refractivity contribution in [2.75, 3.05) is 6.54 Å². The fourth-order valence-electron chi connectivity index (χ4n) is 3.07. The molecule has 0 saturated heterocycles. The van der Waals surface area contributed by atoms with Crippen LogP contribution in [0.1, 0.15) is 52.4 Å². The molecule has 12 N–H and O–H groups in total. The first-order valence-electron chi connectivity index (χ1n) is 11.6. The number of nitrogens with zero attached hydrogens (tertiary/aromatic N) is 1. The number of rotatable bonds is 18. The number of carbonyl (C=O) groups excluding carboxylic acids is 3. The van der Waals surface area contributed by atoms with E-state index in [0.29, 0.717) is 6.42 Å². The van der Waals surface area contributed by atoms with Crippen molar-refractivity contribution < 1.29 is 44.1 Å². The summed E-state index contributed by atoms with van der Waals surface area (Å²) >= 11 is 0. The van der Waals surface area contributed by atoms with Crippen LogP contribution in [-0.4, -0.2) is 87.6 Å². The van der Waals surface area contributed by atoms with Gasteiger partial charge in [-0.15, -0.1) is 0 Å². The third kappa shape index (κ3) is 13.6. The zero-order chi connectivity index (χ0) is 28.7. The van der Waals surface area contributed by atoms with E-state index in [1.807, 2.05) is 0 Å². The molecule has 37 heavy (non-hydrogen) atoms. The summed E-state index contributed by atoms with van der Waals surface area (Å²) in [6, 6.07) is -5.42. The summed E-state index contributed by atoms with van der Waals surface area (Å²) in [6.07, 6.45) is -0.934. The van der Waals surface area contributed by atoms with E-state index in [1.165, 1.54) is 0 Å². The summed E-state index contributed by atoms with van der Waals surface area (Å²) in [4.78, 5) is 75.2. The van der Waals surface area contributed by atoms with Crippen LogP contribution in [0.3, 0.4) is 0 Å². The highest BCUT2D eigenvalue weighted by molar-refractivity contribution is 5.94. The van der Waals surface area contributed by atoms with Crippen LogP contribution in [0, 0.1) is 5.92 Å². The first-order valence-corrected chi connectivity index (χ1v) is 11.6. The second-order valence-electron chi connectivity index (χ2n) is 8.42. The lowest BCUT2D eigenvalue weighted by molar-refractivity contribution is -0.143. The standard InChI is InChI=1S/C21H37N7O9/c1-3-10(2)16(19(35)27-13(20(36)37)6-7-14(29)30)28-18(34)12(5-4-8-25-21(23)24)26-17(33)11(22)9-15(31)32/h10-13,16H,3-9,22H2,1-2H3,(H,26,33)(H,27,35)(H,28,34)(H,29,30)(H,31,32)(H,36,37)(H4,23,24,25). The van der Waals surface area contributed by atoms with Crippen LogP contribution in [0.15, 0.2) is 4.99 Å². The molecule has 0 aliphatic carbocycles. The van der Waals surface area contributed by atoms with Gasteiger partial charge < -0.3 is 48.5 Å². The zero-order valence-corrected chi connectivity index (χ0v) is 20.8. The predicted octanol–water partition coefficient (Wildman–Crippen LogP) is -2.71. The number of guanidine groups is 1. The number of nitrogens with two attached hydrogens (primary N) is 3. The number of carbonyl (C=O) groups is 6. The molecule has 0 radical (unpaired) electrons. The summed E-state index contributed by atoms with van der Waals surface area (Å²) < 4.78 is 0. The van der Waals surface area contributed by atoms with Gasteiger partial charge in [-0.3, -0.25) is 29.0 Å². The molecular formula is C21H37N7O9. The molecule has 0 aromatic rings. The fourth-order valence-corrected chi connectivity index (χ4v) is 3.07. The number of aliphatic imine (C=N–C) groups is 1. The first kappa shape index (κ1) is 33.0. The van der Waals surface area contributed by atoms with Crippen LogP contribution in [-0.2, 0) is 28.8 Å². The van der Waals surface area contributed by atoms with E-state index in [2.05, 4.69) is 20.9 Å². The van der Waals surface area contributed by atoms with Crippen LogP contribution in [0.2, 0.25) is 0 Å². The molecule has 210 valence electrons. The number of carboxylic acid groups (broad SMARTS) is 3. The number of hydrogen-bond acceptors (Lipinski definition) is 8. The summed E-state index contributed by atoms with van der Waals surface area (Å²) in [7, 11) is 0. The van der Waals surface area contributed by atoms with Gasteiger partial charge in [-0.05, 0) is 25.2 Å². The van der Waals surface area contributed by atoms with Gasteiger partial charge in [-0.2, -0.15) is 0 Å². The molecule has 0 bridgehead atoms. The Hall–Kier alpha value is -3.95. The van der Waals surface area contributed by atoms with E-state index in [4.69, 9.17) is 27.4 Å². The lowest BCUT2D eigenvalue weighted by Gasteiger charge is -2.28. The molecule has 5 unspecified atom stereocenters. The Morgan fingerprint density at radius 2 is 1.43 bits per heavy atom. The van der Waals surface area contributed by atoms with Crippen molar-refractivity contribution in [3.05, 3.63) is 0 Å². The van der Waals surface area contributed by atoms with Gasteiger partial charge in [0.15, 0.2) is 5.96 Å². The molecular weight excluding hydrogens is 494 g/mol. The van der Waals surface area contributed by atoms with Gasteiger partial charge in [0.2, 0.25) is 17.7 Å². The van der Waals surface area contributed by atoms with Gasteiger partial charge in [-0.25, -0.2) is 4.79 Å². The van der Waals surface area contributed by atoms with Crippen LogP contribution >= 0.6 is 0 Å². The molecule has 3 amide bonds. The Labute approximate surface area is 213 Å². The van der Waals surface area contributed by atoms with Gasteiger partial charge in [0.1, 0.15) is 18.1 Å². The Bertz CT molecular complexity index is 861. The highest BCUT2D eigenvalue weighted by Crippen LogP contribution is 2.11. The third-order valence-electron chi connectivity index (χ3n) is 5.36. The average Bonchev–Trinajstić information content (AvgIpc) is 2.79. The second kappa shape index (κ2) is 16.7. The van der Waals surface area contributed by atoms with Crippen LogP contribution in [0.25, 0.3) is 0 Å². The first-order chi connectivity index (χ1) is 17.2. The Kier molecular flexibility index (Phi) is 14.9. The van der Waals surface area contributed by atoms with Gasteiger partial charge in [0.25, 0.3) is 0 Å². The van der Waals surface area contributed by atoms with Crippen LogP contribution in [0.5, 0.6) is 0 Å². The largest absolute Gasteiger partial charge is 0.481 e. The SMILES string of the molecule is CCC(C)C(NC(=O)C(CCCN=C(N)N)NC(=O)C(N)CC(=O)O)C(=O)NC(CCC(=O)O)C(=O)O. The van der Waals surface area contributed by atoms with Gasteiger partial charge in [-0.1, -0.05) is 20.3 Å². The van der Waals surface area contributed by atoms with E-state index in [-0.39, 0.29) is 31.8 Å². The van der Waals surface area contributed by atoms with Crippen molar-refractivity contribution in [1.29, 1.82) is 0 Å². The lowest BCUT2D eigenvalue weighted by Crippen LogP contribution is -2.58. The molecule has 16 heteroatoms. The molecule has 0 rings (SSSR count). The molecule has 5 atom stereocenters. The molecule has 0 aliphatic heterocycles. The summed E-state index contributed by atoms with van der Waals surface area (Å²) in [5, 5.41) is 34.1. The predicted molar refractivity (Wildman–Crippen MR) is 130 cm³/mol. The molecule has 0 saturated carbocycles. The van der Waals surface area contributed by atoms with E-state index >= 15 is 0 Å². The maximum atomic E-state index is 13.1. The Morgan fingerprint density at radius 3 is 1.92 bits per heavy atom. The third-order valence-corrected chi connectivity index (χ3v) is 5.36. The van der Waals surface area contributed by atoms with E-state index in [0.717, 1.165) is 0 Å². The quantitative estimate of drug-likeness (QED) is 0.0495. The molecule has 16 nitrogen and oxygen atoms in total. The van der Waals surface area contributed by atoms with E-state index in [1.54, 1.807) is 13.8 Å². The van der Waals surface area contributed by atoms with Gasteiger partial charge in [0, 0.05) is 13.0 Å². The maximum absolute atomic E-state index is 13.1. The number of nitrogens with one attached hydrogen (secondary N) is 3. The van der Waals surface area contributed by atoms with Crippen LogP contribution < -0.4 is 33.2 Å².